The zero-order valence-electron chi connectivity index (χ0n) is 12.2. The Hall–Kier alpha value is -1.17. The smallest absolute Gasteiger partial charge is 0.141 e. The normalized spacial score (nSPS) is 22.2. The van der Waals surface area contributed by atoms with Crippen molar-refractivity contribution < 1.29 is 0 Å². The Morgan fingerprint density at radius 2 is 1.90 bits per heavy atom. The molecule has 0 spiro atoms. The molecule has 21 heavy (non-hydrogen) atoms. The third-order valence-electron chi connectivity index (χ3n) is 4.24. The minimum Gasteiger partial charge on any atom is -0.383 e. The van der Waals surface area contributed by atoms with E-state index in [9.17, 15) is 0 Å². The fourth-order valence-corrected chi connectivity index (χ4v) is 3.67. The Bertz CT molecular complexity index is 627. The van der Waals surface area contributed by atoms with Crippen LogP contribution in [-0.4, -0.2) is 9.97 Å². The Balaban J connectivity index is 2.01. The van der Waals surface area contributed by atoms with E-state index in [-0.39, 0.29) is 0 Å². The van der Waals surface area contributed by atoms with E-state index >= 15 is 0 Å². The van der Waals surface area contributed by atoms with Crippen molar-refractivity contribution in [3.8, 4) is 11.3 Å². The Morgan fingerprint density at radius 3 is 2.62 bits per heavy atom. The maximum absolute atomic E-state index is 6.14. The van der Waals surface area contributed by atoms with Gasteiger partial charge >= 0.3 is 0 Å². The van der Waals surface area contributed by atoms with Crippen LogP contribution < -0.4 is 5.73 Å². The zero-order chi connectivity index (χ0) is 14.8. The average molecular weight is 393 g/mol. The average Bonchev–Trinajstić information content (AvgIpc) is 2.51. The van der Waals surface area contributed by atoms with E-state index in [1.807, 2.05) is 18.2 Å². The van der Waals surface area contributed by atoms with E-state index in [1.165, 1.54) is 25.7 Å². The lowest BCUT2D eigenvalue weighted by atomic mass is 9.82. The molecular formula is C17H20IN3. The highest BCUT2D eigenvalue weighted by atomic mass is 127. The quantitative estimate of drug-likeness (QED) is 0.758. The molecule has 2 aromatic rings. The van der Waals surface area contributed by atoms with Crippen molar-refractivity contribution in [3.63, 3.8) is 0 Å². The number of benzene rings is 1. The van der Waals surface area contributed by atoms with Crippen molar-refractivity contribution >= 4 is 28.4 Å². The first-order valence-electron chi connectivity index (χ1n) is 7.53. The summed E-state index contributed by atoms with van der Waals surface area (Å²) in [5.41, 5.74) is 8.22. The molecule has 2 N–H and O–H groups in total. The summed E-state index contributed by atoms with van der Waals surface area (Å²) in [6, 6.07) is 10.2. The number of rotatable bonds is 2. The molecule has 0 aliphatic heterocycles. The predicted molar refractivity (Wildman–Crippen MR) is 95.0 cm³/mol. The lowest BCUT2D eigenvalue weighted by Crippen LogP contribution is -2.16. The minimum absolute atomic E-state index is 0.454. The van der Waals surface area contributed by atoms with Crippen LogP contribution in [0.3, 0.4) is 0 Å². The van der Waals surface area contributed by atoms with E-state index in [1.54, 1.807) is 0 Å². The van der Waals surface area contributed by atoms with Crippen LogP contribution in [0.1, 0.15) is 44.3 Å². The van der Waals surface area contributed by atoms with Crippen molar-refractivity contribution in [1.82, 2.24) is 9.97 Å². The molecular weight excluding hydrogens is 373 g/mol. The molecule has 3 nitrogen and oxygen atoms in total. The number of anilines is 1. The molecule has 2 unspecified atom stereocenters. The fraction of sp³-hybridized carbons (Fsp3) is 0.412. The summed E-state index contributed by atoms with van der Waals surface area (Å²) in [7, 11) is 0. The summed E-state index contributed by atoms with van der Waals surface area (Å²) in [4.78, 5) is 9.44. The number of nitrogen functional groups attached to an aromatic ring is 1. The van der Waals surface area contributed by atoms with Gasteiger partial charge in [-0.15, -0.1) is 0 Å². The Kier molecular flexibility index (Phi) is 4.42. The van der Waals surface area contributed by atoms with Crippen molar-refractivity contribution in [2.45, 2.75) is 38.5 Å². The second kappa shape index (κ2) is 6.30. The van der Waals surface area contributed by atoms with Gasteiger partial charge in [-0.2, -0.15) is 0 Å². The third-order valence-corrected chi connectivity index (χ3v) is 5.31. The van der Waals surface area contributed by atoms with E-state index in [0.717, 1.165) is 26.6 Å². The molecule has 1 aromatic heterocycles. The second-order valence-corrected chi connectivity index (χ2v) is 7.04. The van der Waals surface area contributed by atoms with E-state index in [2.05, 4.69) is 46.6 Å². The van der Waals surface area contributed by atoms with Gasteiger partial charge < -0.3 is 5.73 Å². The SMILES string of the molecule is CC1CCCC(c2nc(N)c(I)c(-c3ccccc3)n2)C1. The van der Waals surface area contributed by atoms with Crippen LogP contribution in [0.15, 0.2) is 30.3 Å². The molecule has 0 radical (unpaired) electrons. The standard InChI is InChI=1S/C17H20IN3/c1-11-6-5-9-13(10-11)17-20-15(14(18)16(19)21-17)12-7-3-2-4-8-12/h2-4,7-8,11,13H,5-6,9-10H2,1H3,(H2,19,20,21). The molecule has 1 aromatic carbocycles. The lowest BCUT2D eigenvalue weighted by Gasteiger charge is -2.26. The molecule has 1 aliphatic rings. The van der Waals surface area contributed by atoms with Crippen molar-refractivity contribution in [2.75, 3.05) is 5.73 Å². The highest BCUT2D eigenvalue weighted by Crippen LogP contribution is 2.36. The van der Waals surface area contributed by atoms with Crippen LogP contribution in [0.4, 0.5) is 5.82 Å². The lowest BCUT2D eigenvalue weighted by molar-refractivity contribution is 0.335. The van der Waals surface area contributed by atoms with Crippen molar-refractivity contribution in [2.24, 2.45) is 5.92 Å². The molecule has 1 aliphatic carbocycles. The number of halogens is 1. The van der Waals surface area contributed by atoms with E-state index in [0.29, 0.717) is 11.7 Å². The van der Waals surface area contributed by atoms with Gasteiger partial charge in [0.2, 0.25) is 0 Å². The first-order chi connectivity index (χ1) is 10.1. The van der Waals surface area contributed by atoms with Gasteiger partial charge in [-0.25, -0.2) is 9.97 Å². The van der Waals surface area contributed by atoms with Crippen LogP contribution in [0, 0.1) is 9.49 Å². The zero-order valence-corrected chi connectivity index (χ0v) is 14.4. The molecule has 0 saturated heterocycles. The molecule has 3 rings (SSSR count). The van der Waals surface area contributed by atoms with Crippen molar-refractivity contribution in [3.05, 3.63) is 39.7 Å². The summed E-state index contributed by atoms with van der Waals surface area (Å²) in [6.07, 6.45) is 4.94. The van der Waals surface area contributed by atoms with Gasteiger partial charge in [-0.3, -0.25) is 0 Å². The number of aromatic nitrogens is 2. The number of hydrogen-bond acceptors (Lipinski definition) is 3. The first kappa shape index (κ1) is 14.8. The van der Waals surface area contributed by atoms with Gasteiger partial charge in [0, 0.05) is 11.5 Å². The number of nitrogens with zero attached hydrogens (tertiary/aromatic N) is 2. The number of nitrogens with two attached hydrogens (primary N) is 1. The maximum Gasteiger partial charge on any atom is 0.141 e. The largest absolute Gasteiger partial charge is 0.383 e. The molecule has 110 valence electrons. The summed E-state index contributed by atoms with van der Waals surface area (Å²) in [6.45, 7) is 2.32. The van der Waals surface area contributed by atoms with E-state index < -0.39 is 0 Å². The summed E-state index contributed by atoms with van der Waals surface area (Å²) < 4.78 is 0.950. The van der Waals surface area contributed by atoms with Gasteiger partial charge in [-0.1, -0.05) is 50.1 Å². The Morgan fingerprint density at radius 1 is 1.14 bits per heavy atom. The molecule has 4 heteroatoms. The Labute approximate surface area is 139 Å². The summed E-state index contributed by atoms with van der Waals surface area (Å²) >= 11 is 2.25. The number of hydrogen-bond donors (Lipinski definition) is 1. The highest BCUT2D eigenvalue weighted by Gasteiger charge is 2.24. The monoisotopic (exact) mass is 393 g/mol. The van der Waals surface area contributed by atoms with Crippen molar-refractivity contribution in [1.29, 1.82) is 0 Å². The molecule has 0 amide bonds. The molecule has 2 atom stereocenters. The van der Waals surface area contributed by atoms with Gasteiger partial charge in [0.25, 0.3) is 0 Å². The van der Waals surface area contributed by atoms with Gasteiger partial charge in [0.05, 0.1) is 9.26 Å². The third kappa shape index (κ3) is 3.20. The molecule has 0 bridgehead atoms. The van der Waals surface area contributed by atoms with Gasteiger partial charge in [0.15, 0.2) is 0 Å². The van der Waals surface area contributed by atoms with Gasteiger partial charge in [0.1, 0.15) is 11.6 Å². The molecule has 1 saturated carbocycles. The topological polar surface area (TPSA) is 51.8 Å². The summed E-state index contributed by atoms with van der Waals surface area (Å²) in [5.74, 6) is 2.75. The fourth-order valence-electron chi connectivity index (χ4n) is 3.12. The minimum atomic E-state index is 0.454. The van der Waals surface area contributed by atoms with Gasteiger partial charge in [-0.05, 0) is 41.4 Å². The van der Waals surface area contributed by atoms with E-state index in [4.69, 9.17) is 10.7 Å². The van der Waals surface area contributed by atoms with Crippen LogP contribution in [-0.2, 0) is 0 Å². The van der Waals surface area contributed by atoms with Crippen LogP contribution >= 0.6 is 22.6 Å². The first-order valence-corrected chi connectivity index (χ1v) is 8.61. The molecule has 1 fully saturated rings. The predicted octanol–water partition coefficient (Wildman–Crippen LogP) is 4.62. The second-order valence-electron chi connectivity index (χ2n) is 5.96. The van der Waals surface area contributed by atoms with Crippen LogP contribution in [0.2, 0.25) is 0 Å². The van der Waals surface area contributed by atoms with Crippen LogP contribution in [0.25, 0.3) is 11.3 Å². The molecule has 1 heterocycles. The summed E-state index contributed by atoms with van der Waals surface area (Å²) in [5, 5.41) is 0. The maximum atomic E-state index is 6.14. The highest BCUT2D eigenvalue weighted by molar-refractivity contribution is 14.1. The van der Waals surface area contributed by atoms with Crippen LogP contribution in [0.5, 0.6) is 0 Å².